The number of halogens is 2. The summed E-state index contributed by atoms with van der Waals surface area (Å²) in [5.41, 5.74) is 6.12. The number of aromatic hydroxyl groups is 1. The van der Waals surface area contributed by atoms with E-state index < -0.39 is 53.1 Å². The van der Waals surface area contributed by atoms with Gasteiger partial charge in [-0.2, -0.15) is 13.8 Å². The van der Waals surface area contributed by atoms with Gasteiger partial charge >= 0.3 is 5.97 Å². The van der Waals surface area contributed by atoms with Crippen LogP contribution in [0.15, 0.2) is 47.5 Å². The minimum absolute atomic E-state index is 0.0299. The monoisotopic (exact) mass is 568 g/mol. The van der Waals surface area contributed by atoms with Gasteiger partial charge < -0.3 is 40.4 Å². The smallest absolute Gasteiger partial charge is 0.320 e. The predicted molar refractivity (Wildman–Crippen MR) is 142 cm³/mol. The zero-order valence-corrected chi connectivity index (χ0v) is 21.7. The predicted octanol–water partition coefficient (Wildman–Crippen LogP) is 2.82. The fourth-order valence-corrected chi connectivity index (χ4v) is 4.43. The van der Waals surface area contributed by atoms with Crippen molar-refractivity contribution in [2.24, 2.45) is 10.7 Å². The van der Waals surface area contributed by atoms with Gasteiger partial charge in [0.05, 0.1) is 12.1 Å². The Labute approximate surface area is 232 Å². The number of likely N-dealkylation sites (N-methyl/N-ethyl adjacent to an activating group) is 1. The minimum atomic E-state index is -1.30. The second-order valence-corrected chi connectivity index (χ2v) is 9.41. The molecule has 2 aliphatic heterocycles. The van der Waals surface area contributed by atoms with E-state index in [0.717, 1.165) is 17.9 Å². The van der Waals surface area contributed by atoms with Gasteiger partial charge in [0.25, 0.3) is 11.8 Å². The van der Waals surface area contributed by atoms with Crippen molar-refractivity contribution in [2.45, 2.75) is 18.6 Å². The standard InChI is InChI=1S/C27H26F2N6O6/c1-35-8-7-32-24(35)13-3-2-4-14(9-13)40-25-20(28)22(39-16-11-18(27(37)38)33-12-16)21(29)26(34-25)41-15-5-6-19(36)17(10-15)23(30)31/h2-6,9-10,16,18,33,36H,7-8,11-12H2,1H3,(H3,30,31)(H,37,38). The second-order valence-electron chi connectivity index (χ2n) is 9.41. The van der Waals surface area contributed by atoms with Crippen LogP contribution in [0.1, 0.15) is 17.5 Å². The number of aliphatic imine (C=N–C) groups is 1. The van der Waals surface area contributed by atoms with Crippen LogP contribution in [0.25, 0.3) is 0 Å². The van der Waals surface area contributed by atoms with Gasteiger partial charge in [0.2, 0.25) is 17.4 Å². The molecule has 2 atom stereocenters. The molecule has 41 heavy (non-hydrogen) atoms. The van der Waals surface area contributed by atoms with Gasteiger partial charge in [0, 0.05) is 32.1 Å². The summed E-state index contributed by atoms with van der Waals surface area (Å²) < 4.78 is 48.2. The van der Waals surface area contributed by atoms with Crippen molar-refractivity contribution >= 4 is 17.6 Å². The molecular formula is C27H26F2N6O6. The summed E-state index contributed by atoms with van der Waals surface area (Å²) in [7, 11) is 1.89. The zero-order valence-electron chi connectivity index (χ0n) is 21.7. The molecule has 2 aromatic carbocycles. The maximum Gasteiger partial charge on any atom is 0.320 e. The molecule has 2 unspecified atom stereocenters. The van der Waals surface area contributed by atoms with E-state index in [2.05, 4.69) is 15.3 Å². The Morgan fingerprint density at radius 2 is 1.85 bits per heavy atom. The van der Waals surface area contributed by atoms with Crippen molar-refractivity contribution < 1.29 is 38.0 Å². The molecule has 214 valence electrons. The van der Waals surface area contributed by atoms with Crippen LogP contribution < -0.4 is 25.3 Å². The highest BCUT2D eigenvalue weighted by atomic mass is 19.1. The lowest BCUT2D eigenvalue weighted by molar-refractivity contribution is -0.139. The number of amidine groups is 2. The molecular weight excluding hydrogens is 542 g/mol. The lowest BCUT2D eigenvalue weighted by Crippen LogP contribution is -2.30. The van der Waals surface area contributed by atoms with Crippen LogP contribution in [0.4, 0.5) is 8.78 Å². The number of nitrogen functional groups attached to an aromatic ring is 1. The first-order valence-electron chi connectivity index (χ1n) is 12.5. The molecule has 3 heterocycles. The number of phenolic OH excluding ortho intramolecular Hbond substituents is 1. The number of carboxylic acid groups (broad SMARTS) is 1. The molecule has 1 fully saturated rings. The van der Waals surface area contributed by atoms with Crippen LogP contribution in [-0.4, -0.2) is 76.6 Å². The summed E-state index contributed by atoms with van der Waals surface area (Å²) in [6, 6.07) is 9.39. The van der Waals surface area contributed by atoms with Crippen molar-refractivity contribution in [3.63, 3.8) is 0 Å². The van der Waals surface area contributed by atoms with Crippen LogP contribution in [0.3, 0.4) is 0 Å². The number of nitrogens with zero attached hydrogens (tertiary/aromatic N) is 3. The quantitative estimate of drug-likeness (QED) is 0.191. The maximum absolute atomic E-state index is 15.7. The number of nitrogens with two attached hydrogens (primary N) is 1. The summed E-state index contributed by atoms with van der Waals surface area (Å²) >= 11 is 0. The van der Waals surface area contributed by atoms with Crippen molar-refractivity contribution in [2.75, 3.05) is 26.7 Å². The fraction of sp³-hybridized carbons (Fsp3) is 0.259. The van der Waals surface area contributed by atoms with Gasteiger partial charge in [-0.1, -0.05) is 12.1 Å². The highest BCUT2D eigenvalue weighted by Gasteiger charge is 2.34. The van der Waals surface area contributed by atoms with Crippen molar-refractivity contribution in [1.82, 2.24) is 15.2 Å². The van der Waals surface area contributed by atoms with E-state index in [-0.39, 0.29) is 35.8 Å². The summed E-state index contributed by atoms with van der Waals surface area (Å²) in [5.74, 6) is -5.88. The molecule has 0 spiro atoms. The zero-order chi connectivity index (χ0) is 29.3. The van der Waals surface area contributed by atoms with Crippen molar-refractivity contribution in [1.29, 1.82) is 5.41 Å². The van der Waals surface area contributed by atoms with Gasteiger partial charge in [-0.05, 0) is 30.3 Å². The molecule has 5 rings (SSSR count). The van der Waals surface area contributed by atoms with Crippen LogP contribution in [0.5, 0.6) is 34.8 Å². The first-order chi connectivity index (χ1) is 19.6. The molecule has 0 saturated carbocycles. The molecule has 1 saturated heterocycles. The highest BCUT2D eigenvalue weighted by Crippen LogP contribution is 2.39. The number of hydrogen-bond acceptors (Lipinski definition) is 10. The number of aliphatic carboxylic acids is 1. The number of carboxylic acids is 1. The SMILES string of the molecule is CN1CCN=C1c1cccc(Oc2nc(Oc3ccc(O)c(C(=N)N)c3)c(F)c(OC3CNC(C(=O)O)C3)c2F)c1. The van der Waals surface area contributed by atoms with Crippen LogP contribution in [-0.2, 0) is 4.79 Å². The lowest BCUT2D eigenvalue weighted by Gasteiger charge is -2.18. The second kappa shape index (κ2) is 11.3. The number of benzene rings is 2. The average molecular weight is 569 g/mol. The molecule has 0 radical (unpaired) electrons. The largest absolute Gasteiger partial charge is 0.507 e. The number of pyridine rings is 1. The number of nitrogens with one attached hydrogen (secondary N) is 2. The maximum atomic E-state index is 15.7. The van der Waals surface area contributed by atoms with E-state index in [1.54, 1.807) is 18.2 Å². The molecule has 12 nitrogen and oxygen atoms in total. The van der Waals surface area contributed by atoms with Crippen molar-refractivity contribution in [3.05, 3.63) is 65.2 Å². The summed E-state index contributed by atoms with van der Waals surface area (Å²) in [6.45, 7) is 1.41. The molecule has 6 N–H and O–H groups in total. The Morgan fingerprint density at radius 3 is 2.46 bits per heavy atom. The Morgan fingerprint density at radius 1 is 1.15 bits per heavy atom. The first-order valence-corrected chi connectivity index (χ1v) is 12.5. The highest BCUT2D eigenvalue weighted by molar-refractivity contribution is 6.00. The van der Waals surface area contributed by atoms with E-state index in [1.807, 2.05) is 18.0 Å². The topological polar surface area (TPSA) is 176 Å². The number of rotatable bonds is 9. The van der Waals surface area contributed by atoms with Gasteiger partial charge in [-0.25, -0.2) is 0 Å². The van der Waals surface area contributed by atoms with E-state index in [4.69, 9.17) is 25.4 Å². The summed E-state index contributed by atoms with van der Waals surface area (Å²) in [4.78, 5) is 21.6. The third-order valence-corrected chi connectivity index (χ3v) is 6.49. The van der Waals surface area contributed by atoms with E-state index >= 15 is 8.78 Å². The number of hydrogen-bond donors (Lipinski definition) is 5. The molecule has 14 heteroatoms. The third kappa shape index (κ3) is 5.82. The molecule has 0 aliphatic carbocycles. The number of aromatic nitrogens is 1. The summed E-state index contributed by atoms with van der Waals surface area (Å²) in [6.07, 6.45) is -0.916. The van der Waals surface area contributed by atoms with Crippen LogP contribution in [0, 0.1) is 17.0 Å². The van der Waals surface area contributed by atoms with Gasteiger partial charge in [-0.3, -0.25) is 15.2 Å². The molecule has 3 aromatic rings. The van der Waals surface area contributed by atoms with Crippen LogP contribution >= 0.6 is 0 Å². The van der Waals surface area contributed by atoms with Gasteiger partial charge in [0.15, 0.2) is 0 Å². The number of phenols is 1. The number of carbonyl (C=O) groups is 1. The van der Waals surface area contributed by atoms with E-state index in [0.29, 0.717) is 6.54 Å². The van der Waals surface area contributed by atoms with Crippen molar-refractivity contribution in [3.8, 4) is 34.8 Å². The van der Waals surface area contributed by atoms with E-state index in [9.17, 15) is 15.0 Å². The normalized spacial score (nSPS) is 18.2. The minimum Gasteiger partial charge on any atom is -0.507 e. The molecule has 0 bridgehead atoms. The third-order valence-electron chi connectivity index (χ3n) is 6.49. The Hall–Kier alpha value is -4.98. The molecule has 2 aliphatic rings. The fourth-order valence-electron chi connectivity index (χ4n) is 4.43. The Kier molecular flexibility index (Phi) is 7.57. The Balaban J connectivity index is 1.51. The van der Waals surface area contributed by atoms with Crippen LogP contribution in [0.2, 0.25) is 0 Å². The number of ether oxygens (including phenoxy) is 3. The molecule has 0 amide bonds. The average Bonchev–Trinajstić information content (AvgIpc) is 3.59. The Bertz CT molecular complexity index is 1550. The molecule has 1 aromatic heterocycles. The van der Waals surface area contributed by atoms with Gasteiger partial charge in [-0.15, -0.1) is 0 Å². The first kappa shape index (κ1) is 27.6. The summed E-state index contributed by atoms with van der Waals surface area (Å²) in [5, 5.41) is 29.5. The lowest BCUT2D eigenvalue weighted by atomic mass is 10.2. The van der Waals surface area contributed by atoms with E-state index in [1.165, 1.54) is 18.2 Å². The van der Waals surface area contributed by atoms with Gasteiger partial charge in [0.1, 0.15) is 41.1 Å².